The monoisotopic (exact) mass is 231 g/mol. The first kappa shape index (κ1) is 12.8. The molecule has 1 aromatic carbocycles. The van der Waals surface area contributed by atoms with Crippen LogP contribution in [0.25, 0.3) is 0 Å². The zero-order valence-corrected chi connectivity index (χ0v) is 9.22. The molecule has 0 aliphatic heterocycles. The lowest BCUT2D eigenvalue weighted by Crippen LogP contribution is -2.27. The fourth-order valence-corrected chi connectivity index (χ4v) is 1.32. The van der Waals surface area contributed by atoms with Crippen LogP contribution in [0.4, 0.5) is 0 Å². The van der Waals surface area contributed by atoms with Gasteiger partial charge in [0.1, 0.15) is 6.04 Å². The number of terminal acetylenes is 1. The van der Waals surface area contributed by atoms with Gasteiger partial charge >= 0.3 is 5.97 Å². The van der Waals surface area contributed by atoms with Gasteiger partial charge < -0.3 is 10.4 Å². The molecule has 4 nitrogen and oxygen atoms in total. The Labute approximate surface area is 99.7 Å². The van der Waals surface area contributed by atoms with Crippen LogP contribution in [0.2, 0.25) is 0 Å². The van der Waals surface area contributed by atoms with Gasteiger partial charge in [0.15, 0.2) is 0 Å². The minimum atomic E-state index is -1.00. The number of hydrogen-bond acceptors (Lipinski definition) is 2. The Morgan fingerprint density at radius 2 is 1.94 bits per heavy atom. The number of benzene rings is 1. The summed E-state index contributed by atoms with van der Waals surface area (Å²) < 4.78 is 0. The molecule has 4 heteroatoms. The molecule has 0 fully saturated rings. The molecule has 1 aromatic rings. The van der Waals surface area contributed by atoms with E-state index in [4.69, 9.17) is 11.5 Å². The average Bonchev–Trinajstić information content (AvgIpc) is 2.34. The lowest BCUT2D eigenvalue weighted by Gasteiger charge is -2.12. The molecule has 17 heavy (non-hydrogen) atoms. The molecule has 0 unspecified atom stereocenters. The molecule has 0 radical (unpaired) electrons. The Bertz CT molecular complexity index is 434. The van der Waals surface area contributed by atoms with E-state index >= 15 is 0 Å². The summed E-state index contributed by atoms with van der Waals surface area (Å²) >= 11 is 0. The van der Waals surface area contributed by atoms with Crippen LogP contribution < -0.4 is 5.32 Å². The van der Waals surface area contributed by atoms with Gasteiger partial charge in [0, 0.05) is 6.42 Å². The molecule has 0 heterocycles. The second-order valence-electron chi connectivity index (χ2n) is 3.47. The van der Waals surface area contributed by atoms with E-state index in [2.05, 4.69) is 11.2 Å². The largest absolute Gasteiger partial charge is 0.481 e. The van der Waals surface area contributed by atoms with E-state index in [0.717, 1.165) is 5.56 Å². The molecule has 88 valence electrons. The number of carboxylic acids is 1. The molecule has 1 amide bonds. The third kappa shape index (κ3) is 4.39. The van der Waals surface area contributed by atoms with E-state index in [-0.39, 0.29) is 18.7 Å². The van der Waals surface area contributed by atoms with E-state index in [1.165, 1.54) is 0 Å². The predicted octanol–water partition coefficient (Wildman–Crippen LogP) is 1.34. The molecular weight excluding hydrogens is 218 g/mol. The fourth-order valence-electron chi connectivity index (χ4n) is 1.32. The Morgan fingerprint density at radius 1 is 1.29 bits per heavy atom. The summed E-state index contributed by atoms with van der Waals surface area (Å²) in [5.41, 5.74) is 0.804. The van der Waals surface area contributed by atoms with Crippen LogP contribution in [0.5, 0.6) is 0 Å². The number of hydrogen-bond donors (Lipinski definition) is 2. The van der Waals surface area contributed by atoms with Gasteiger partial charge in [-0.05, 0) is 5.56 Å². The number of nitrogens with one attached hydrogen (secondary N) is 1. The number of carboxylic acid groups (broad SMARTS) is 1. The van der Waals surface area contributed by atoms with Crippen molar-refractivity contribution < 1.29 is 14.7 Å². The zero-order valence-electron chi connectivity index (χ0n) is 9.22. The number of aliphatic carboxylic acids is 1. The summed E-state index contributed by atoms with van der Waals surface area (Å²) in [6.07, 6.45) is 5.06. The highest BCUT2D eigenvalue weighted by Crippen LogP contribution is 2.11. The highest BCUT2D eigenvalue weighted by atomic mass is 16.4. The van der Waals surface area contributed by atoms with Crippen molar-refractivity contribution >= 4 is 11.9 Å². The van der Waals surface area contributed by atoms with Crippen molar-refractivity contribution in [3.8, 4) is 12.3 Å². The van der Waals surface area contributed by atoms with Gasteiger partial charge in [0.25, 0.3) is 0 Å². The molecular formula is C13H13NO3. The van der Waals surface area contributed by atoms with Gasteiger partial charge in [-0.25, -0.2) is 0 Å². The van der Waals surface area contributed by atoms with Gasteiger partial charge in [-0.3, -0.25) is 9.59 Å². The third-order valence-electron chi connectivity index (χ3n) is 2.17. The maximum atomic E-state index is 11.4. The van der Waals surface area contributed by atoms with Crippen molar-refractivity contribution in [3.05, 3.63) is 35.9 Å². The summed E-state index contributed by atoms with van der Waals surface area (Å²) in [6, 6.07) is 8.59. The van der Waals surface area contributed by atoms with Crippen LogP contribution in [0, 0.1) is 12.3 Å². The maximum Gasteiger partial charge on any atom is 0.303 e. The molecule has 1 atom stereocenters. The van der Waals surface area contributed by atoms with E-state index in [1.54, 1.807) is 0 Å². The fraction of sp³-hybridized carbons (Fsp3) is 0.231. The maximum absolute atomic E-state index is 11.4. The SMILES string of the molecule is C#C[C@@H](NC(=O)CCC(=O)O)c1ccccc1. The normalized spacial score (nSPS) is 11.2. The van der Waals surface area contributed by atoms with Crippen LogP contribution in [0.1, 0.15) is 24.4 Å². The van der Waals surface area contributed by atoms with Crippen molar-refractivity contribution in [1.82, 2.24) is 5.32 Å². The second kappa shape index (κ2) is 6.33. The highest BCUT2D eigenvalue weighted by molar-refractivity contribution is 5.81. The molecule has 0 aliphatic carbocycles. The topological polar surface area (TPSA) is 66.4 Å². The molecule has 0 aromatic heterocycles. The summed E-state index contributed by atoms with van der Waals surface area (Å²) in [7, 11) is 0. The summed E-state index contributed by atoms with van der Waals surface area (Å²) in [5.74, 6) is 1.09. The van der Waals surface area contributed by atoms with Gasteiger partial charge in [-0.15, -0.1) is 6.42 Å². The van der Waals surface area contributed by atoms with Crippen molar-refractivity contribution in [2.45, 2.75) is 18.9 Å². The lowest BCUT2D eigenvalue weighted by molar-refractivity contribution is -0.138. The van der Waals surface area contributed by atoms with Crippen molar-refractivity contribution in [2.24, 2.45) is 0 Å². The van der Waals surface area contributed by atoms with Crippen LogP contribution in [-0.2, 0) is 9.59 Å². The van der Waals surface area contributed by atoms with E-state index in [0.29, 0.717) is 0 Å². The highest BCUT2D eigenvalue weighted by Gasteiger charge is 2.12. The Hall–Kier alpha value is -2.28. The lowest BCUT2D eigenvalue weighted by atomic mass is 10.1. The van der Waals surface area contributed by atoms with E-state index < -0.39 is 12.0 Å². The predicted molar refractivity (Wildman–Crippen MR) is 63.0 cm³/mol. The summed E-state index contributed by atoms with van der Waals surface area (Å²) in [4.78, 5) is 21.7. The standard InChI is InChI=1S/C13H13NO3/c1-2-11(10-6-4-3-5-7-10)14-12(15)8-9-13(16)17/h1,3-7,11H,8-9H2,(H,14,15)(H,16,17)/t11-/m1/s1. The second-order valence-corrected chi connectivity index (χ2v) is 3.47. The van der Waals surface area contributed by atoms with Gasteiger partial charge in [-0.2, -0.15) is 0 Å². The Morgan fingerprint density at radius 3 is 2.47 bits per heavy atom. The first-order valence-corrected chi connectivity index (χ1v) is 5.15. The molecule has 1 rings (SSSR count). The van der Waals surface area contributed by atoms with E-state index in [1.807, 2.05) is 30.3 Å². The molecule has 0 saturated heterocycles. The number of amides is 1. The molecule has 2 N–H and O–H groups in total. The minimum absolute atomic E-state index is 0.0691. The van der Waals surface area contributed by atoms with Crippen LogP contribution in [0.15, 0.2) is 30.3 Å². The molecule has 0 bridgehead atoms. The molecule has 0 saturated carbocycles. The molecule has 0 spiro atoms. The minimum Gasteiger partial charge on any atom is -0.481 e. The first-order valence-electron chi connectivity index (χ1n) is 5.15. The third-order valence-corrected chi connectivity index (χ3v) is 2.17. The molecule has 0 aliphatic rings. The smallest absolute Gasteiger partial charge is 0.303 e. The first-order chi connectivity index (χ1) is 8.13. The average molecular weight is 231 g/mol. The Kier molecular flexibility index (Phi) is 4.77. The van der Waals surface area contributed by atoms with Gasteiger partial charge in [-0.1, -0.05) is 36.3 Å². The van der Waals surface area contributed by atoms with Gasteiger partial charge in [0.2, 0.25) is 5.91 Å². The summed E-state index contributed by atoms with van der Waals surface area (Å²) in [6.45, 7) is 0. The van der Waals surface area contributed by atoms with Crippen molar-refractivity contribution in [3.63, 3.8) is 0 Å². The van der Waals surface area contributed by atoms with Crippen LogP contribution in [0.3, 0.4) is 0 Å². The quantitative estimate of drug-likeness (QED) is 0.751. The summed E-state index contributed by atoms with van der Waals surface area (Å²) in [5, 5.41) is 11.1. The zero-order chi connectivity index (χ0) is 12.7. The van der Waals surface area contributed by atoms with Crippen molar-refractivity contribution in [2.75, 3.05) is 0 Å². The van der Waals surface area contributed by atoms with Gasteiger partial charge in [0.05, 0.1) is 6.42 Å². The number of carbonyl (C=O) groups is 2. The van der Waals surface area contributed by atoms with Crippen LogP contribution in [-0.4, -0.2) is 17.0 Å². The number of rotatable bonds is 5. The van der Waals surface area contributed by atoms with Crippen LogP contribution >= 0.6 is 0 Å². The Balaban J connectivity index is 2.57. The number of carbonyl (C=O) groups excluding carboxylic acids is 1. The van der Waals surface area contributed by atoms with Crippen molar-refractivity contribution in [1.29, 1.82) is 0 Å². The van der Waals surface area contributed by atoms with E-state index in [9.17, 15) is 9.59 Å².